The largest absolute Gasteiger partial charge is 0.321 e. The summed E-state index contributed by atoms with van der Waals surface area (Å²) in [4.78, 5) is 26.9. The summed E-state index contributed by atoms with van der Waals surface area (Å²) >= 11 is 6.10. The van der Waals surface area contributed by atoms with Crippen LogP contribution in [0, 0.1) is 12.7 Å². The Morgan fingerprint density at radius 1 is 0.931 bits per heavy atom. The third-order valence-electron chi connectivity index (χ3n) is 5.16. The molecular formula is C21H26ClFN4O2+2. The maximum atomic E-state index is 12.9. The molecule has 3 rings (SSSR count). The molecule has 4 N–H and O–H groups in total. The number of carbonyl (C=O) groups is 2. The van der Waals surface area contributed by atoms with Crippen molar-refractivity contribution in [3.05, 3.63) is 58.9 Å². The summed E-state index contributed by atoms with van der Waals surface area (Å²) in [6, 6.07) is 11.2. The number of amides is 2. The fourth-order valence-electron chi connectivity index (χ4n) is 3.44. The smallest absolute Gasteiger partial charge is 0.279 e. The maximum absolute atomic E-state index is 12.9. The molecular weight excluding hydrogens is 395 g/mol. The van der Waals surface area contributed by atoms with E-state index in [0.29, 0.717) is 23.8 Å². The maximum Gasteiger partial charge on any atom is 0.279 e. The quantitative estimate of drug-likeness (QED) is 0.537. The summed E-state index contributed by atoms with van der Waals surface area (Å²) in [7, 11) is 0. The summed E-state index contributed by atoms with van der Waals surface area (Å²) in [5.74, 6) is -0.464. The lowest BCUT2D eigenvalue weighted by Gasteiger charge is -2.29. The van der Waals surface area contributed by atoms with Crippen molar-refractivity contribution < 1.29 is 23.8 Å². The topological polar surface area (TPSA) is 67.1 Å². The van der Waals surface area contributed by atoms with Crippen molar-refractivity contribution in [3.8, 4) is 0 Å². The minimum Gasteiger partial charge on any atom is -0.321 e. The Morgan fingerprint density at radius 3 is 2.07 bits per heavy atom. The molecule has 2 aromatic carbocycles. The number of halogens is 2. The summed E-state index contributed by atoms with van der Waals surface area (Å²) in [6.45, 7) is 5.90. The monoisotopic (exact) mass is 420 g/mol. The van der Waals surface area contributed by atoms with E-state index in [1.165, 1.54) is 21.9 Å². The number of carbonyl (C=O) groups excluding carboxylic acids is 2. The molecule has 0 bridgehead atoms. The lowest BCUT2D eigenvalue weighted by molar-refractivity contribution is -1.00. The van der Waals surface area contributed by atoms with Gasteiger partial charge in [-0.3, -0.25) is 9.59 Å². The van der Waals surface area contributed by atoms with E-state index < -0.39 is 0 Å². The van der Waals surface area contributed by atoms with Gasteiger partial charge in [-0.15, -0.1) is 0 Å². The van der Waals surface area contributed by atoms with Crippen LogP contribution in [0.4, 0.5) is 15.8 Å². The lowest BCUT2D eigenvalue weighted by Crippen LogP contribution is -3.28. The average Bonchev–Trinajstić information content (AvgIpc) is 2.69. The van der Waals surface area contributed by atoms with Gasteiger partial charge in [-0.1, -0.05) is 17.7 Å². The second-order valence-electron chi connectivity index (χ2n) is 7.37. The van der Waals surface area contributed by atoms with Gasteiger partial charge >= 0.3 is 0 Å². The lowest BCUT2D eigenvalue weighted by atomic mass is 10.2. The highest BCUT2D eigenvalue weighted by Gasteiger charge is 2.26. The normalized spacial score (nSPS) is 18.9. The second-order valence-corrected chi connectivity index (χ2v) is 7.78. The molecule has 0 atom stereocenters. The Morgan fingerprint density at radius 2 is 1.48 bits per heavy atom. The summed E-state index contributed by atoms with van der Waals surface area (Å²) in [5.41, 5.74) is 2.19. The van der Waals surface area contributed by atoms with E-state index in [9.17, 15) is 14.0 Å². The molecule has 1 aliphatic heterocycles. The van der Waals surface area contributed by atoms with Crippen molar-refractivity contribution in [1.82, 2.24) is 0 Å². The Bertz CT molecular complexity index is 867. The molecule has 0 spiro atoms. The van der Waals surface area contributed by atoms with Gasteiger partial charge in [-0.2, -0.15) is 0 Å². The summed E-state index contributed by atoms with van der Waals surface area (Å²) < 4.78 is 12.9. The van der Waals surface area contributed by atoms with Crippen LogP contribution < -0.4 is 20.4 Å². The van der Waals surface area contributed by atoms with Gasteiger partial charge in [0, 0.05) is 16.4 Å². The molecule has 154 valence electrons. The van der Waals surface area contributed by atoms with Gasteiger partial charge in [0.05, 0.1) is 0 Å². The molecule has 0 radical (unpaired) electrons. The van der Waals surface area contributed by atoms with E-state index in [0.717, 1.165) is 37.4 Å². The molecule has 2 aromatic rings. The number of hydrogen-bond donors (Lipinski definition) is 4. The first-order valence-corrected chi connectivity index (χ1v) is 10.1. The number of benzene rings is 2. The molecule has 0 unspecified atom stereocenters. The van der Waals surface area contributed by atoms with Crippen LogP contribution in [0.15, 0.2) is 42.5 Å². The standard InChI is InChI=1S/C21H24ClFN4O2/c1-15-18(22)3-2-4-19(15)25-21(29)14-27-11-9-26(10-12-27)13-20(28)24-17-7-5-16(23)6-8-17/h2-8H,9-14H2,1H3,(H,24,28)(H,25,29)/p+2. The van der Waals surface area contributed by atoms with Crippen LogP contribution in [0.2, 0.25) is 5.02 Å². The van der Waals surface area contributed by atoms with Crippen molar-refractivity contribution in [3.63, 3.8) is 0 Å². The van der Waals surface area contributed by atoms with E-state index in [1.807, 2.05) is 19.1 Å². The molecule has 1 saturated heterocycles. The third-order valence-corrected chi connectivity index (χ3v) is 5.56. The first-order chi connectivity index (χ1) is 13.9. The third kappa shape index (κ3) is 6.25. The van der Waals surface area contributed by atoms with Gasteiger partial charge in [0.1, 0.15) is 32.0 Å². The number of rotatable bonds is 6. The fraction of sp³-hybridized carbons (Fsp3) is 0.333. The van der Waals surface area contributed by atoms with Crippen LogP contribution in [-0.4, -0.2) is 51.1 Å². The Balaban J connectivity index is 1.40. The minimum atomic E-state index is -0.331. The Kier molecular flexibility index (Phi) is 7.19. The summed E-state index contributed by atoms with van der Waals surface area (Å²) in [6.07, 6.45) is 0. The highest BCUT2D eigenvalue weighted by molar-refractivity contribution is 6.31. The van der Waals surface area contributed by atoms with Crippen LogP contribution in [0.1, 0.15) is 5.56 Å². The van der Waals surface area contributed by atoms with Crippen LogP contribution in [0.5, 0.6) is 0 Å². The average molecular weight is 421 g/mol. The van der Waals surface area contributed by atoms with Crippen molar-refractivity contribution in [2.45, 2.75) is 6.92 Å². The minimum absolute atomic E-state index is 0.0390. The molecule has 0 aromatic heterocycles. The molecule has 1 heterocycles. The van der Waals surface area contributed by atoms with Crippen molar-refractivity contribution in [1.29, 1.82) is 0 Å². The van der Waals surface area contributed by atoms with E-state index in [4.69, 9.17) is 11.6 Å². The zero-order valence-electron chi connectivity index (χ0n) is 16.4. The number of anilines is 2. The fourth-order valence-corrected chi connectivity index (χ4v) is 3.62. The Labute approximate surface area is 174 Å². The summed E-state index contributed by atoms with van der Waals surface area (Å²) in [5, 5.41) is 6.35. The van der Waals surface area contributed by atoms with E-state index in [-0.39, 0.29) is 17.6 Å². The number of quaternary nitrogens is 2. The molecule has 1 fully saturated rings. The molecule has 29 heavy (non-hydrogen) atoms. The second kappa shape index (κ2) is 9.82. The molecule has 2 amide bonds. The van der Waals surface area contributed by atoms with Crippen LogP contribution >= 0.6 is 11.6 Å². The molecule has 8 heteroatoms. The van der Waals surface area contributed by atoms with Crippen LogP contribution in [0.3, 0.4) is 0 Å². The van der Waals surface area contributed by atoms with E-state index in [2.05, 4.69) is 10.6 Å². The number of nitrogens with one attached hydrogen (secondary N) is 4. The van der Waals surface area contributed by atoms with Gasteiger partial charge in [-0.05, 0) is 48.9 Å². The molecule has 6 nitrogen and oxygen atoms in total. The highest BCUT2D eigenvalue weighted by atomic mass is 35.5. The first-order valence-electron chi connectivity index (χ1n) is 9.68. The van der Waals surface area contributed by atoms with E-state index in [1.54, 1.807) is 18.2 Å². The van der Waals surface area contributed by atoms with Crippen LogP contribution in [-0.2, 0) is 9.59 Å². The molecule has 0 saturated carbocycles. The van der Waals surface area contributed by atoms with Crippen molar-refractivity contribution >= 4 is 34.8 Å². The Hall–Kier alpha value is -2.48. The van der Waals surface area contributed by atoms with Gasteiger partial charge in [-0.25, -0.2) is 4.39 Å². The predicted molar refractivity (Wildman–Crippen MR) is 111 cm³/mol. The van der Waals surface area contributed by atoms with Gasteiger partial charge in [0.25, 0.3) is 11.8 Å². The highest BCUT2D eigenvalue weighted by Crippen LogP contribution is 2.22. The van der Waals surface area contributed by atoms with Crippen molar-refractivity contribution in [2.75, 3.05) is 49.9 Å². The van der Waals surface area contributed by atoms with E-state index >= 15 is 0 Å². The number of hydrogen-bond acceptors (Lipinski definition) is 2. The van der Waals surface area contributed by atoms with Gasteiger partial charge in [0.15, 0.2) is 13.1 Å². The molecule has 0 aliphatic carbocycles. The zero-order valence-corrected chi connectivity index (χ0v) is 17.1. The van der Waals surface area contributed by atoms with Crippen LogP contribution in [0.25, 0.3) is 0 Å². The zero-order chi connectivity index (χ0) is 20.8. The SMILES string of the molecule is Cc1c(Cl)cccc1NC(=O)C[NH+]1CC[NH+](CC(=O)Nc2ccc(F)cc2)CC1. The first kappa shape index (κ1) is 21.2. The van der Waals surface area contributed by atoms with Gasteiger partial charge in [0.2, 0.25) is 0 Å². The van der Waals surface area contributed by atoms with Gasteiger partial charge < -0.3 is 20.4 Å². The molecule has 1 aliphatic rings. The predicted octanol–water partition coefficient (Wildman–Crippen LogP) is 0.148. The van der Waals surface area contributed by atoms with Crippen molar-refractivity contribution in [2.24, 2.45) is 0 Å². The number of piperazine rings is 1.